The van der Waals surface area contributed by atoms with Gasteiger partial charge in [0.1, 0.15) is 0 Å². The fourth-order valence-electron chi connectivity index (χ4n) is 3.00. The lowest BCUT2D eigenvalue weighted by Crippen LogP contribution is -2.39. The van der Waals surface area contributed by atoms with Crippen LogP contribution in [-0.4, -0.2) is 50.0 Å². The number of sulfone groups is 1. The van der Waals surface area contributed by atoms with Gasteiger partial charge < -0.3 is 15.1 Å². The Morgan fingerprint density at radius 3 is 2.59 bits per heavy atom. The van der Waals surface area contributed by atoms with Crippen molar-refractivity contribution in [3.05, 3.63) is 23.3 Å². The van der Waals surface area contributed by atoms with Crippen LogP contribution in [0.1, 0.15) is 35.7 Å². The van der Waals surface area contributed by atoms with Crippen molar-refractivity contribution in [2.24, 2.45) is 0 Å². The standard InChI is InChI=1S/C15H21NO5S/c1-3-11-12(15(18)19)6-7-13(14(11)22(2,20)21)16-8-4-5-10(17)9-16/h6-7,10,17H,3-5,8-9H2,1-2H3,(H,18,19). The molecule has 0 aromatic heterocycles. The summed E-state index contributed by atoms with van der Waals surface area (Å²) in [6.45, 7) is 2.75. The quantitative estimate of drug-likeness (QED) is 0.866. The molecule has 1 fully saturated rings. The first kappa shape index (κ1) is 16.8. The number of β-amino-alcohol motifs (C(OH)–C–C–N with tert-alkyl or cyclic N) is 1. The van der Waals surface area contributed by atoms with Gasteiger partial charge in [-0.05, 0) is 37.0 Å². The molecule has 1 heterocycles. The van der Waals surface area contributed by atoms with Crippen molar-refractivity contribution in [2.45, 2.75) is 37.2 Å². The van der Waals surface area contributed by atoms with Crippen LogP contribution in [0.25, 0.3) is 0 Å². The van der Waals surface area contributed by atoms with Gasteiger partial charge in [0.2, 0.25) is 0 Å². The molecule has 0 amide bonds. The Morgan fingerprint density at radius 2 is 2.09 bits per heavy atom. The largest absolute Gasteiger partial charge is 0.478 e. The smallest absolute Gasteiger partial charge is 0.336 e. The monoisotopic (exact) mass is 327 g/mol. The summed E-state index contributed by atoms with van der Waals surface area (Å²) in [6, 6.07) is 2.99. The predicted octanol–water partition coefficient (Wildman–Crippen LogP) is 1.31. The van der Waals surface area contributed by atoms with Gasteiger partial charge in [0.15, 0.2) is 9.84 Å². The summed E-state index contributed by atoms with van der Waals surface area (Å²) in [5.41, 5.74) is 0.833. The number of carboxylic acids is 1. The molecule has 1 aromatic carbocycles. The van der Waals surface area contributed by atoms with Crippen LogP contribution < -0.4 is 4.90 Å². The van der Waals surface area contributed by atoms with E-state index in [0.29, 0.717) is 37.2 Å². The number of hydrogen-bond acceptors (Lipinski definition) is 5. The molecule has 0 bridgehead atoms. The van der Waals surface area contributed by atoms with Crippen LogP contribution in [0, 0.1) is 0 Å². The minimum absolute atomic E-state index is 0.0178. The van der Waals surface area contributed by atoms with Crippen molar-refractivity contribution in [1.82, 2.24) is 0 Å². The van der Waals surface area contributed by atoms with E-state index in [-0.39, 0.29) is 10.5 Å². The summed E-state index contributed by atoms with van der Waals surface area (Å²) in [5.74, 6) is -1.13. The Labute approximate surface area is 130 Å². The van der Waals surface area contributed by atoms with Gasteiger partial charge >= 0.3 is 5.97 Å². The maximum Gasteiger partial charge on any atom is 0.336 e. The van der Waals surface area contributed by atoms with E-state index in [2.05, 4.69) is 0 Å². The maximum atomic E-state index is 12.3. The Bertz CT molecular complexity index is 683. The van der Waals surface area contributed by atoms with Gasteiger partial charge in [0, 0.05) is 19.3 Å². The zero-order chi connectivity index (χ0) is 16.5. The molecule has 0 saturated carbocycles. The van der Waals surface area contributed by atoms with Gasteiger partial charge in [-0.1, -0.05) is 6.92 Å². The van der Waals surface area contributed by atoms with E-state index in [1.807, 2.05) is 4.90 Å². The van der Waals surface area contributed by atoms with Crippen LogP contribution in [0.15, 0.2) is 17.0 Å². The molecule has 2 N–H and O–H groups in total. The topological polar surface area (TPSA) is 94.9 Å². The number of nitrogens with zero attached hydrogens (tertiary/aromatic N) is 1. The molecule has 7 heteroatoms. The molecule has 1 aliphatic heterocycles. The highest BCUT2D eigenvalue weighted by Crippen LogP contribution is 2.33. The summed E-state index contributed by atoms with van der Waals surface area (Å²) in [7, 11) is -3.59. The SMILES string of the molecule is CCc1c(C(=O)O)ccc(N2CCCC(O)C2)c1S(C)(=O)=O. The molecule has 1 saturated heterocycles. The molecule has 0 aliphatic carbocycles. The van der Waals surface area contributed by atoms with Crippen molar-refractivity contribution in [1.29, 1.82) is 0 Å². The highest BCUT2D eigenvalue weighted by molar-refractivity contribution is 7.91. The van der Waals surface area contributed by atoms with E-state index in [9.17, 15) is 23.4 Å². The minimum atomic E-state index is -3.59. The normalized spacial score (nSPS) is 19.2. The van der Waals surface area contributed by atoms with Crippen LogP contribution in [-0.2, 0) is 16.3 Å². The van der Waals surface area contributed by atoms with Gasteiger partial charge in [-0.25, -0.2) is 13.2 Å². The number of carboxylic acid groups (broad SMARTS) is 1. The van der Waals surface area contributed by atoms with Crippen molar-refractivity contribution >= 4 is 21.5 Å². The number of aliphatic hydroxyl groups excluding tert-OH is 1. The van der Waals surface area contributed by atoms with E-state index < -0.39 is 21.9 Å². The first-order valence-corrected chi connectivity index (χ1v) is 9.17. The molecule has 22 heavy (non-hydrogen) atoms. The van der Waals surface area contributed by atoms with Gasteiger partial charge in [-0.15, -0.1) is 0 Å². The van der Waals surface area contributed by atoms with E-state index in [4.69, 9.17) is 0 Å². The number of carbonyl (C=O) groups is 1. The highest BCUT2D eigenvalue weighted by Gasteiger charge is 2.28. The molecule has 0 radical (unpaired) electrons. The lowest BCUT2D eigenvalue weighted by atomic mass is 10.0. The van der Waals surface area contributed by atoms with Crippen LogP contribution in [0.5, 0.6) is 0 Å². The zero-order valence-electron chi connectivity index (χ0n) is 12.7. The molecular weight excluding hydrogens is 306 g/mol. The average molecular weight is 327 g/mol. The fourth-order valence-corrected chi connectivity index (χ4v) is 4.28. The van der Waals surface area contributed by atoms with E-state index in [1.54, 1.807) is 6.92 Å². The fraction of sp³-hybridized carbons (Fsp3) is 0.533. The molecule has 2 rings (SSSR count). The Balaban J connectivity index is 2.66. The summed E-state index contributed by atoms with van der Waals surface area (Å²) < 4.78 is 24.5. The highest BCUT2D eigenvalue weighted by atomic mass is 32.2. The number of anilines is 1. The first-order valence-electron chi connectivity index (χ1n) is 7.28. The van der Waals surface area contributed by atoms with Crippen LogP contribution in [0.3, 0.4) is 0 Å². The van der Waals surface area contributed by atoms with Crippen LogP contribution >= 0.6 is 0 Å². The van der Waals surface area contributed by atoms with Crippen molar-refractivity contribution in [2.75, 3.05) is 24.2 Å². The number of rotatable bonds is 4. The second-order valence-electron chi connectivity index (χ2n) is 5.61. The van der Waals surface area contributed by atoms with Gasteiger partial charge in [-0.2, -0.15) is 0 Å². The number of benzene rings is 1. The summed E-state index contributed by atoms with van der Waals surface area (Å²) in [6.07, 6.45) is 2.38. The minimum Gasteiger partial charge on any atom is -0.478 e. The molecular formula is C15H21NO5S. The van der Waals surface area contributed by atoms with Gasteiger partial charge in [-0.3, -0.25) is 0 Å². The predicted molar refractivity (Wildman–Crippen MR) is 83.3 cm³/mol. The zero-order valence-corrected chi connectivity index (χ0v) is 13.6. The number of aliphatic hydroxyl groups is 1. The van der Waals surface area contributed by atoms with E-state index >= 15 is 0 Å². The molecule has 1 aromatic rings. The molecule has 6 nitrogen and oxygen atoms in total. The van der Waals surface area contributed by atoms with Crippen molar-refractivity contribution in [3.8, 4) is 0 Å². The number of hydrogen-bond donors (Lipinski definition) is 2. The Kier molecular flexibility index (Phi) is 4.77. The summed E-state index contributed by atoms with van der Waals surface area (Å²) >= 11 is 0. The van der Waals surface area contributed by atoms with Gasteiger partial charge in [0.05, 0.1) is 22.3 Å². The van der Waals surface area contributed by atoms with E-state index in [0.717, 1.165) is 12.7 Å². The third-order valence-corrected chi connectivity index (χ3v) is 5.13. The Morgan fingerprint density at radius 1 is 1.41 bits per heavy atom. The molecule has 0 spiro atoms. The lowest BCUT2D eigenvalue weighted by Gasteiger charge is -2.33. The number of piperidine rings is 1. The third-order valence-electron chi connectivity index (χ3n) is 3.93. The molecule has 1 unspecified atom stereocenters. The average Bonchev–Trinajstić information content (AvgIpc) is 2.44. The molecule has 1 atom stereocenters. The molecule has 1 aliphatic rings. The summed E-state index contributed by atoms with van der Waals surface area (Å²) in [5, 5.41) is 19.1. The molecule has 122 valence electrons. The summed E-state index contributed by atoms with van der Waals surface area (Å²) in [4.78, 5) is 13.3. The first-order chi connectivity index (χ1) is 10.3. The Hall–Kier alpha value is -1.60. The maximum absolute atomic E-state index is 12.3. The lowest BCUT2D eigenvalue weighted by molar-refractivity contribution is 0.0695. The van der Waals surface area contributed by atoms with Crippen LogP contribution in [0.4, 0.5) is 5.69 Å². The van der Waals surface area contributed by atoms with Crippen molar-refractivity contribution < 1.29 is 23.4 Å². The number of aromatic carboxylic acids is 1. The van der Waals surface area contributed by atoms with Gasteiger partial charge in [0.25, 0.3) is 0 Å². The second kappa shape index (κ2) is 6.26. The second-order valence-corrected chi connectivity index (χ2v) is 7.57. The van der Waals surface area contributed by atoms with Crippen LogP contribution in [0.2, 0.25) is 0 Å². The van der Waals surface area contributed by atoms with E-state index in [1.165, 1.54) is 12.1 Å². The van der Waals surface area contributed by atoms with Crippen molar-refractivity contribution in [3.63, 3.8) is 0 Å². The third kappa shape index (κ3) is 3.25.